The normalized spacial score (nSPS) is 10.3. The molecular formula is C19H20Cl2N2O3. The Morgan fingerprint density at radius 2 is 1.85 bits per heavy atom. The lowest BCUT2D eigenvalue weighted by atomic mass is 10.2. The van der Waals surface area contributed by atoms with Gasteiger partial charge in [0.2, 0.25) is 5.91 Å². The van der Waals surface area contributed by atoms with Crippen LogP contribution in [0.4, 0.5) is 11.4 Å². The number of halogens is 2. The standard InChI is InChI=1S/C19H20Cl2N2O3/c1-3-4-5-18(24)23-16-9-7-13(11-17(16)26-2)22-19(25)14-8-6-12(20)10-15(14)21/h6-11H,3-5H2,1-2H3,(H,22,25)(H,23,24). The highest BCUT2D eigenvalue weighted by Gasteiger charge is 2.13. The van der Waals surface area contributed by atoms with Crippen molar-refractivity contribution < 1.29 is 14.3 Å². The summed E-state index contributed by atoms with van der Waals surface area (Å²) in [4.78, 5) is 24.3. The Morgan fingerprint density at radius 3 is 2.50 bits per heavy atom. The van der Waals surface area contributed by atoms with E-state index in [-0.39, 0.29) is 16.8 Å². The summed E-state index contributed by atoms with van der Waals surface area (Å²) in [7, 11) is 1.50. The van der Waals surface area contributed by atoms with E-state index in [9.17, 15) is 9.59 Å². The SMILES string of the molecule is CCCCC(=O)Nc1ccc(NC(=O)c2ccc(Cl)cc2Cl)cc1OC. The minimum Gasteiger partial charge on any atom is -0.494 e. The van der Waals surface area contributed by atoms with Gasteiger partial charge in [-0.05, 0) is 36.8 Å². The van der Waals surface area contributed by atoms with E-state index >= 15 is 0 Å². The number of nitrogens with one attached hydrogen (secondary N) is 2. The van der Waals surface area contributed by atoms with Crippen LogP contribution in [-0.2, 0) is 4.79 Å². The van der Waals surface area contributed by atoms with Gasteiger partial charge in [0.1, 0.15) is 5.75 Å². The second-order valence-corrected chi connectivity index (χ2v) is 6.49. The highest BCUT2D eigenvalue weighted by Crippen LogP contribution is 2.29. The van der Waals surface area contributed by atoms with Gasteiger partial charge in [-0.25, -0.2) is 0 Å². The maximum atomic E-state index is 12.4. The van der Waals surface area contributed by atoms with E-state index < -0.39 is 0 Å². The number of rotatable bonds is 7. The van der Waals surface area contributed by atoms with Gasteiger partial charge in [-0.15, -0.1) is 0 Å². The van der Waals surface area contributed by atoms with Crippen molar-refractivity contribution >= 4 is 46.4 Å². The second kappa shape index (κ2) is 9.46. The van der Waals surface area contributed by atoms with Gasteiger partial charge in [-0.2, -0.15) is 0 Å². The van der Waals surface area contributed by atoms with Gasteiger partial charge in [-0.3, -0.25) is 9.59 Å². The van der Waals surface area contributed by atoms with Crippen LogP contribution >= 0.6 is 23.2 Å². The Labute approximate surface area is 162 Å². The number of benzene rings is 2. The van der Waals surface area contributed by atoms with Crippen LogP contribution in [0.15, 0.2) is 36.4 Å². The van der Waals surface area contributed by atoms with Gasteiger partial charge >= 0.3 is 0 Å². The third-order valence-electron chi connectivity index (χ3n) is 3.67. The third-order valence-corrected chi connectivity index (χ3v) is 4.21. The topological polar surface area (TPSA) is 67.4 Å². The molecule has 2 amide bonds. The molecule has 0 radical (unpaired) electrons. The lowest BCUT2D eigenvalue weighted by Gasteiger charge is -2.13. The summed E-state index contributed by atoms with van der Waals surface area (Å²) in [5.41, 5.74) is 1.38. The summed E-state index contributed by atoms with van der Waals surface area (Å²) in [5.74, 6) is 0.0122. The van der Waals surface area contributed by atoms with Crippen LogP contribution in [-0.4, -0.2) is 18.9 Å². The summed E-state index contributed by atoms with van der Waals surface area (Å²) in [6, 6.07) is 9.66. The van der Waals surface area contributed by atoms with Crippen LogP contribution in [0, 0.1) is 0 Å². The van der Waals surface area contributed by atoms with Gasteiger partial charge in [0, 0.05) is 23.2 Å². The van der Waals surface area contributed by atoms with Gasteiger partial charge < -0.3 is 15.4 Å². The van der Waals surface area contributed by atoms with Crippen molar-refractivity contribution in [1.82, 2.24) is 0 Å². The molecule has 0 saturated heterocycles. The van der Waals surface area contributed by atoms with Crippen LogP contribution in [0.5, 0.6) is 5.75 Å². The number of carbonyl (C=O) groups is 2. The van der Waals surface area contributed by atoms with Gasteiger partial charge in [0.05, 0.1) is 23.4 Å². The zero-order valence-corrected chi connectivity index (χ0v) is 16.1. The Morgan fingerprint density at radius 1 is 1.08 bits per heavy atom. The Hall–Kier alpha value is -2.24. The number of unbranched alkanes of at least 4 members (excludes halogenated alkanes) is 1. The van der Waals surface area contributed by atoms with Crippen LogP contribution < -0.4 is 15.4 Å². The zero-order valence-electron chi connectivity index (χ0n) is 14.6. The van der Waals surface area contributed by atoms with E-state index in [4.69, 9.17) is 27.9 Å². The molecule has 0 aromatic heterocycles. The maximum absolute atomic E-state index is 12.4. The van der Waals surface area contributed by atoms with Crippen molar-refractivity contribution in [1.29, 1.82) is 0 Å². The van der Waals surface area contributed by atoms with Crippen molar-refractivity contribution in [3.63, 3.8) is 0 Å². The molecule has 5 nitrogen and oxygen atoms in total. The van der Waals surface area contributed by atoms with E-state index in [1.165, 1.54) is 13.2 Å². The van der Waals surface area contributed by atoms with Crippen molar-refractivity contribution in [2.75, 3.05) is 17.7 Å². The number of anilines is 2. The molecule has 2 aromatic rings. The number of amides is 2. The lowest BCUT2D eigenvalue weighted by molar-refractivity contribution is -0.116. The third kappa shape index (κ3) is 5.38. The van der Waals surface area contributed by atoms with E-state index in [1.54, 1.807) is 30.3 Å². The summed E-state index contributed by atoms with van der Waals surface area (Å²) in [5, 5.41) is 6.28. The highest BCUT2D eigenvalue weighted by atomic mass is 35.5. The zero-order chi connectivity index (χ0) is 19.1. The molecule has 26 heavy (non-hydrogen) atoms. The number of ether oxygens (including phenoxy) is 1. The molecule has 7 heteroatoms. The average Bonchev–Trinajstić information content (AvgIpc) is 2.61. The summed E-state index contributed by atoms with van der Waals surface area (Å²) < 4.78 is 5.31. The quantitative estimate of drug-likeness (QED) is 0.661. The summed E-state index contributed by atoms with van der Waals surface area (Å²) in [6.45, 7) is 2.03. The minimum atomic E-state index is -0.367. The molecule has 0 spiro atoms. The molecule has 0 saturated carbocycles. The molecule has 0 aliphatic rings. The smallest absolute Gasteiger partial charge is 0.257 e. The number of carbonyl (C=O) groups excluding carboxylic acids is 2. The monoisotopic (exact) mass is 394 g/mol. The fourth-order valence-electron chi connectivity index (χ4n) is 2.29. The first-order valence-electron chi connectivity index (χ1n) is 8.19. The van der Waals surface area contributed by atoms with Gasteiger partial charge in [-0.1, -0.05) is 36.5 Å². The fraction of sp³-hybridized carbons (Fsp3) is 0.263. The molecule has 0 aliphatic carbocycles. The molecular weight excluding hydrogens is 375 g/mol. The molecule has 2 aromatic carbocycles. The summed E-state index contributed by atoms with van der Waals surface area (Å²) in [6.07, 6.45) is 2.22. The van der Waals surface area contributed by atoms with E-state index in [2.05, 4.69) is 10.6 Å². The molecule has 0 bridgehead atoms. The molecule has 138 valence electrons. The Balaban J connectivity index is 2.13. The second-order valence-electron chi connectivity index (χ2n) is 5.65. The largest absolute Gasteiger partial charge is 0.494 e. The van der Waals surface area contributed by atoms with Crippen LogP contribution in [0.25, 0.3) is 0 Å². The number of methoxy groups -OCH3 is 1. The molecule has 0 heterocycles. The molecule has 0 unspecified atom stereocenters. The maximum Gasteiger partial charge on any atom is 0.257 e. The predicted molar refractivity (Wildman–Crippen MR) is 106 cm³/mol. The molecule has 0 fully saturated rings. The first kappa shape index (κ1) is 20.1. The van der Waals surface area contributed by atoms with E-state index in [1.807, 2.05) is 6.92 Å². The molecule has 2 rings (SSSR count). The first-order valence-corrected chi connectivity index (χ1v) is 8.94. The molecule has 0 atom stereocenters. The van der Waals surface area contributed by atoms with Crippen molar-refractivity contribution in [2.45, 2.75) is 26.2 Å². The number of hydrogen-bond donors (Lipinski definition) is 2. The van der Waals surface area contributed by atoms with Crippen LogP contribution in [0.2, 0.25) is 10.0 Å². The first-order chi connectivity index (χ1) is 12.4. The highest BCUT2D eigenvalue weighted by molar-refractivity contribution is 6.37. The van der Waals surface area contributed by atoms with Crippen molar-refractivity contribution in [3.8, 4) is 5.75 Å². The van der Waals surface area contributed by atoms with Crippen LogP contribution in [0.3, 0.4) is 0 Å². The fourth-order valence-corrected chi connectivity index (χ4v) is 2.79. The van der Waals surface area contributed by atoms with Gasteiger partial charge in [0.25, 0.3) is 5.91 Å². The Kier molecular flexibility index (Phi) is 7.30. The molecule has 0 aliphatic heterocycles. The van der Waals surface area contributed by atoms with Crippen LogP contribution in [0.1, 0.15) is 36.5 Å². The van der Waals surface area contributed by atoms with Crippen molar-refractivity contribution in [3.05, 3.63) is 52.0 Å². The Bertz CT molecular complexity index is 809. The average molecular weight is 395 g/mol. The van der Waals surface area contributed by atoms with E-state index in [0.717, 1.165) is 12.8 Å². The molecule has 2 N–H and O–H groups in total. The predicted octanol–water partition coefficient (Wildman–Crippen LogP) is 5.38. The minimum absolute atomic E-state index is 0.0742. The lowest BCUT2D eigenvalue weighted by Crippen LogP contribution is -2.14. The summed E-state index contributed by atoms with van der Waals surface area (Å²) >= 11 is 11.9. The van der Waals surface area contributed by atoms with E-state index in [0.29, 0.717) is 34.1 Å². The number of hydrogen-bond acceptors (Lipinski definition) is 3. The van der Waals surface area contributed by atoms with Gasteiger partial charge in [0.15, 0.2) is 0 Å². The van der Waals surface area contributed by atoms with Crippen molar-refractivity contribution in [2.24, 2.45) is 0 Å².